The lowest BCUT2D eigenvalue weighted by atomic mass is 10.2. The first kappa shape index (κ1) is 15.9. The van der Waals surface area contributed by atoms with Gasteiger partial charge in [-0.25, -0.2) is 0 Å². The lowest BCUT2D eigenvalue weighted by molar-refractivity contribution is -0.385. The second-order valence-electron chi connectivity index (χ2n) is 4.83. The fourth-order valence-corrected chi connectivity index (χ4v) is 2.00. The number of hydrogen-bond donors (Lipinski definition) is 1. The van der Waals surface area contributed by atoms with E-state index >= 15 is 0 Å². The summed E-state index contributed by atoms with van der Waals surface area (Å²) in [5.41, 5.74) is 0.0189. The molecule has 0 saturated heterocycles. The van der Waals surface area contributed by atoms with Crippen molar-refractivity contribution in [2.24, 2.45) is 5.92 Å². The van der Waals surface area contributed by atoms with Gasteiger partial charge in [-0.3, -0.25) is 10.1 Å². The molecule has 6 heteroatoms. The first-order valence-electron chi connectivity index (χ1n) is 6.21. The molecule has 1 aromatic carbocycles. The molecule has 0 bridgehead atoms. The Kier molecular flexibility index (Phi) is 6.24. The van der Waals surface area contributed by atoms with Gasteiger partial charge >= 0.3 is 0 Å². The van der Waals surface area contributed by atoms with Crippen molar-refractivity contribution in [1.82, 2.24) is 5.32 Å². The second kappa shape index (κ2) is 7.45. The minimum atomic E-state index is -0.430. The molecule has 0 heterocycles. The monoisotopic (exact) mass is 330 g/mol. The predicted octanol–water partition coefficient (Wildman–Crippen LogP) is 3.37. The van der Waals surface area contributed by atoms with E-state index in [2.05, 4.69) is 42.0 Å². The molecule has 1 aromatic rings. The highest BCUT2D eigenvalue weighted by atomic mass is 79.9. The van der Waals surface area contributed by atoms with Crippen LogP contribution in [0.3, 0.4) is 0 Å². The maximum absolute atomic E-state index is 10.8. The molecule has 0 amide bonds. The van der Waals surface area contributed by atoms with Crippen molar-refractivity contribution in [3.63, 3.8) is 0 Å². The number of hydrogen-bond acceptors (Lipinski definition) is 4. The van der Waals surface area contributed by atoms with E-state index in [1.54, 1.807) is 12.1 Å². The first-order chi connectivity index (χ1) is 8.91. The Morgan fingerprint density at radius 1 is 1.42 bits per heavy atom. The van der Waals surface area contributed by atoms with Gasteiger partial charge in [0.25, 0.3) is 5.69 Å². The zero-order valence-electron chi connectivity index (χ0n) is 11.4. The third kappa shape index (κ3) is 5.16. The zero-order chi connectivity index (χ0) is 14.4. The van der Waals surface area contributed by atoms with Crippen molar-refractivity contribution < 1.29 is 9.66 Å². The van der Waals surface area contributed by atoms with Crippen LogP contribution in [-0.4, -0.2) is 24.1 Å². The van der Waals surface area contributed by atoms with Crippen molar-refractivity contribution >= 4 is 21.6 Å². The Balaban J connectivity index is 2.58. The summed E-state index contributed by atoms with van der Waals surface area (Å²) in [6.07, 6.45) is 0. The summed E-state index contributed by atoms with van der Waals surface area (Å²) in [4.78, 5) is 10.4. The molecule has 0 spiro atoms. The maximum atomic E-state index is 10.8. The summed E-state index contributed by atoms with van der Waals surface area (Å²) >= 11 is 3.21. The van der Waals surface area contributed by atoms with Gasteiger partial charge in [-0.05, 0) is 22.0 Å². The lowest BCUT2D eigenvalue weighted by Gasteiger charge is -2.16. The van der Waals surface area contributed by atoms with Crippen LogP contribution in [0.4, 0.5) is 5.69 Å². The fraction of sp³-hybridized carbons (Fsp3) is 0.538. The lowest BCUT2D eigenvalue weighted by Crippen LogP contribution is -2.30. The highest BCUT2D eigenvalue weighted by molar-refractivity contribution is 9.10. The Hall–Kier alpha value is -1.14. The first-order valence-corrected chi connectivity index (χ1v) is 7.00. The standard InChI is InChI=1S/C13H19BrN2O3/c1-9(2)15-7-10(3)8-19-12-6-4-5-11(13(12)14)16(17)18/h4-6,9-10,15H,7-8H2,1-3H3. The largest absolute Gasteiger partial charge is 0.492 e. The molecule has 0 aliphatic rings. The van der Waals surface area contributed by atoms with E-state index < -0.39 is 4.92 Å². The quantitative estimate of drug-likeness (QED) is 0.615. The highest BCUT2D eigenvalue weighted by Crippen LogP contribution is 2.33. The molecule has 19 heavy (non-hydrogen) atoms. The number of nitro groups is 1. The number of ether oxygens (including phenoxy) is 1. The van der Waals surface area contributed by atoms with Gasteiger partial charge in [0.2, 0.25) is 0 Å². The van der Waals surface area contributed by atoms with Gasteiger partial charge in [-0.15, -0.1) is 0 Å². The van der Waals surface area contributed by atoms with Crippen LogP contribution in [0.1, 0.15) is 20.8 Å². The van der Waals surface area contributed by atoms with E-state index in [9.17, 15) is 10.1 Å². The summed E-state index contributed by atoms with van der Waals surface area (Å²) in [5, 5.41) is 14.1. The number of nitrogens with zero attached hydrogens (tertiary/aromatic N) is 1. The van der Waals surface area contributed by atoms with Gasteiger partial charge in [0, 0.05) is 24.6 Å². The van der Waals surface area contributed by atoms with Crippen LogP contribution < -0.4 is 10.1 Å². The average Bonchev–Trinajstić information content (AvgIpc) is 2.34. The van der Waals surface area contributed by atoms with E-state index in [0.29, 0.717) is 28.8 Å². The molecule has 0 radical (unpaired) electrons. The molecule has 106 valence electrons. The minimum absolute atomic E-state index is 0.0189. The smallest absolute Gasteiger partial charge is 0.287 e. The highest BCUT2D eigenvalue weighted by Gasteiger charge is 2.16. The third-order valence-corrected chi connectivity index (χ3v) is 3.33. The van der Waals surface area contributed by atoms with Crippen molar-refractivity contribution in [1.29, 1.82) is 0 Å². The second-order valence-corrected chi connectivity index (χ2v) is 5.62. The van der Waals surface area contributed by atoms with Gasteiger partial charge in [0.15, 0.2) is 0 Å². The molecule has 0 aliphatic heterocycles. The summed E-state index contributed by atoms with van der Waals surface area (Å²) in [5.74, 6) is 0.833. The minimum Gasteiger partial charge on any atom is -0.492 e. The summed E-state index contributed by atoms with van der Waals surface area (Å²) in [6, 6.07) is 5.22. The van der Waals surface area contributed by atoms with Crippen LogP contribution in [0.5, 0.6) is 5.75 Å². The molecule has 1 rings (SSSR count). The van der Waals surface area contributed by atoms with E-state index in [-0.39, 0.29) is 5.69 Å². The van der Waals surface area contributed by atoms with E-state index in [1.165, 1.54) is 6.07 Å². The van der Waals surface area contributed by atoms with Gasteiger partial charge in [-0.1, -0.05) is 26.8 Å². The van der Waals surface area contributed by atoms with Crippen LogP contribution >= 0.6 is 15.9 Å². The van der Waals surface area contributed by atoms with Crippen molar-refractivity contribution in [3.05, 3.63) is 32.8 Å². The molecule has 1 N–H and O–H groups in total. The Morgan fingerprint density at radius 2 is 2.11 bits per heavy atom. The number of nitro benzene ring substituents is 1. The Bertz CT molecular complexity index is 438. The predicted molar refractivity (Wildman–Crippen MR) is 78.6 cm³/mol. The normalized spacial score (nSPS) is 12.5. The maximum Gasteiger partial charge on any atom is 0.287 e. The fourth-order valence-electron chi connectivity index (χ4n) is 1.48. The molecule has 0 aromatic heterocycles. The molecule has 1 atom stereocenters. The Morgan fingerprint density at radius 3 is 2.68 bits per heavy atom. The third-order valence-electron chi connectivity index (χ3n) is 2.54. The molecule has 0 saturated carbocycles. The number of halogens is 1. The molecule has 1 unspecified atom stereocenters. The van der Waals surface area contributed by atoms with E-state index in [0.717, 1.165) is 6.54 Å². The van der Waals surface area contributed by atoms with Gasteiger partial charge in [0.1, 0.15) is 10.2 Å². The zero-order valence-corrected chi connectivity index (χ0v) is 12.9. The van der Waals surface area contributed by atoms with Crippen LogP contribution in [0.25, 0.3) is 0 Å². The SMILES string of the molecule is CC(CNC(C)C)COc1cccc([N+](=O)[O-])c1Br. The average molecular weight is 331 g/mol. The van der Waals surface area contributed by atoms with E-state index in [4.69, 9.17) is 4.74 Å². The van der Waals surface area contributed by atoms with Crippen LogP contribution in [0, 0.1) is 16.0 Å². The van der Waals surface area contributed by atoms with E-state index in [1.807, 2.05) is 0 Å². The van der Waals surface area contributed by atoms with Gasteiger partial charge < -0.3 is 10.1 Å². The molecule has 0 aliphatic carbocycles. The summed E-state index contributed by atoms with van der Waals surface area (Å²) < 4.78 is 6.02. The summed E-state index contributed by atoms with van der Waals surface area (Å²) in [7, 11) is 0. The number of rotatable bonds is 7. The topological polar surface area (TPSA) is 64.4 Å². The molecule has 5 nitrogen and oxygen atoms in total. The van der Waals surface area contributed by atoms with Gasteiger partial charge in [0.05, 0.1) is 11.5 Å². The van der Waals surface area contributed by atoms with Crippen molar-refractivity contribution in [2.75, 3.05) is 13.2 Å². The van der Waals surface area contributed by atoms with Crippen molar-refractivity contribution in [3.8, 4) is 5.75 Å². The Labute approximate surface area is 121 Å². The van der Waals surface area contributed by atoms with Crippen LogP contribution in [0.2, 0.25) is 0 Å². The molecular weight excluding hydrogens is 312 g/mol. The number of nitrogens with one attached hydrogen (secondary N) is 1. The van der Waals surface area contributed by atoms with Crippen molar-refractivity contribution in [2.45, 2.75) is 26.8 Å². The van der Waals surface area contributed by atoms with Gasteiger partial charge in [-0.2, -0.15) is 0 Å². The van der Waals surface area contributed by atoms with Crippen LogP contribution in [0.15, 0.2) is 22.7 Å². The van der Waals surface area contributed by atoms with Crippen LogP contribution in [-0.2, 0) is 0 Å². The number of benzene rings is 1. The molecular formula is C13H19BrN2O3. The molecule has 0 fully saturated rings. The summed E-state index contributed by atoms with van der Waals surface area (Å²) in [6.45, 7) is 7.61.